The Kier molecular flexibility index (Phi) is 3.25. The van der Waals surface area contributed by atoms with Crippen LogP contribution in [0.1, 0.15) is 30.7 Å². The minimum absolute atomic E-state index is 0.0905. The summed E-state index contributed by atoms with van der Waals surface area (Å²) in [6.45, 7) is 4.24. The number of benzene rings is 2. The fraction of sp³-hybridized carbons (Fsp3) is 0.286. The first-order valence-electron chi connectivity index (χ1n) is 8.94. The highest BCUT2D eigenvalue weighted by Gasteiger charge is 2.55. The lowest BCUT2D eigenvalue weighted by molar-refractivity contribution is -0.121. The Labute approximate surface area is 162 Å². The maximum absolute atomic E-state index is 13.3. The zero-order valence-electron chi connectivity index (χ0n) is 15.4. The number of methoxy groups -OCH3 is 1. The average Bonchev–Trinajstić information content (AvgIpc) is 3.11. The minimum atomic E-state index is -0.996. The molecule has 1 aromatic heterocycles. The molecule has 2 aliphatic heterocycles. The van der Waals surface area contributed by atoms with Gasteiger partial charge in [0.05, 0.1) is 12.8 Å². The number of aromatic nitrogens is 1. The monoisotopic (exact) mass is 381 g/mol. The van der Waals surface area contributed by atoms with E-state index in [1.807, 2.05) is 30.3 Å². The van der Waals surface area contributed by atoms with Crippen molar-refractivity contribution in [2.45, 2.75) is 31.3 Å². The molecule has 1 spiro atoms. The second kappa shape index (κ2) is 5.27. The van der Waals surface area contributed by atoms with Crippen LogP contribution in [-0.2, 0) is 16.8 Å². The summed E-state index contributed by atoms with van der Waals surface area (Å²) < 4.78 is 5.42. The van der Waals surface area contributed by atoms with Crippen molar-refractivity contribution in [2.24, 2.45) is 0 Å². The fourth-order valence-electron chi connectivity index (χ4n) is 4.56. The van der Waals surface area contributed by atoms with Gasteiger partial charge in [-0.25, -0.2) is 0 Å². The van der Waals surface area contributed by atoms with Gasteiger partial charge in [-0.05, 0) is 62.2 Å². The van der Waals surface area contributed by atoms with Crippen molar-refractivity contribution in [3.05, 3.63) is 58.2 Å². The fourth-order valence-corrected chi connectivity index (χ4v) is 4.73. The molecule has 1 atom stereocenters. The van der Waals surface area contributed by atoms with Crippen molar-refractivity contribution in [3.63, 3.8) is 0 Å². The number of rotatable bonds is 1. The highest BCUT2D eigenvalue weighted by Crippen LogP contribution is 2.48. The van der Waals surface area contributed by atoms with Crippen LogP contribution in [0.25, 0.3) is 10.9 Å². The lowest BCUT2D eigenvalue weighted by atomic mass is 9.76. The molecule has 6 heteroatoms. The second-order valence-electron chi connectivity index (χ2n) is 7.97. The molecule has 0 aliphatic carbocycles. The van der Waals surface area contributed by atoms with Crippen LogP contribution in [0.2, 0.25) is 5.02 Å². The van der Waals surface area contributed by atoms with Crippen LogP contribution in [0, 0.1) is 0 Å². The number of hydrogen-bond acceptors (Lipinski definition) is 3. The lowest BCUT2D eigenvalue weighted by Gasteiger charge is -2.43. The van der Waals surface area contributed by atoms with Gasteiger partial charge in [-0.2, -0.15) is 0 Å². The Morgan fingerprint density at radius 1 is 1.15 bits per heavy atom. The highest BCUT2D eigenvalue weighted by atomic mass is 35.5. The molecule has 5 rings (SSSR count). The smallest absolute Gasteiger partial charge is 0.255 e. The summed E-state index contributed by atoms with van der Waals surface area (Å²) in [5.74, 6) is 0.710. The Morgan fingerprint density at radius 2 is 1.96 bits per heavy atom. The first kappa shape index (κ1) is 16.7. The number of anilines is 1. The van der Waals surface area contributed by atoms with Crippen molar-refractivity contribution in [1.29, 1.82) is 0 Å². The van der Waals surface area contributed by atoms with Crippen LogP contribution >= 0.6 is 11.6 Å². The topological polar surface area (TPSA) is 66.1 Å². The molecule has 0 bridgehead atoms. The lowest BCUT2D eigenvalue weighted by Crippen LogP contribution is -2.61. The van der Waals surface area contributed by atoms with Crippen molar-refractivity contribution < 1.29 is 9.53 Å². The third-order valence-corrected chi connectivity index (χ3v) is 5.84. The van der Waals surface area contributed by atoms with Crippen LogP contribution < -0.4 is 15.4 Å². The Morgan fingerprint density at radius 3 is 2.74 bits per heavy atom. The molecular formula is C21H20ClN3O2. The molecule has 3 N–H and O–H groups in total. The Bertz CT molecular complexity index is 1120. The summed E-state index contributed by atoms with van der Waals surface area (Å²) >= 11 is 6.30. The molecule has 27 heavy (non-hydrogen) atoms. The number of carbonyl (C=O) groups excluding carboxylic acids is 1. The van der Waals surface area contributed by atoms with Gasteiger partial charge in [0.15, 0.2) is 5.54 Å². The van der Waals surface area contributed by atoms with Crippen molar-refractivity contribution in [3.8, 4) is 5.75 Å². The number of carbonyl (C=O) groups is 1. The van der Waals surface area contributed by atoms with Gasteiger partial charge in [0.1, 0.15) is 5.75 Å². The molecule has 2 aliphatic rings. The van der Waals surface area contributed by atoms with Crippen LogP contribution in [-0.4, -0.2) is 23.5 Å². The second-order valence-corrected chi connectivity index (χ2v) is 8.41. The van der Waals surface area contributed by atoms with E-state index in [9.17, 15) is 4.79 Å². The van der Waals surface area contributed by atoms with Crippen molar-refractivity contribution >= 4 is 34.1 Å². The van der Waals surface area contributed by atoms with Gasteiger partial charge in [0.2, 0.25) is 0 Å². The zero-order chi connectivity index (χ0) is 19.0. The first-order chi connectivity index (χ1) is 12.8. The van der Waals surface area contributed by atoms with Crippen LogP contribution in [0.3, 0.4) is 0 Å². The quantitative estimate of drug-likeness (QED) is 0.598. The van der Waals surface area contributed by atoms with Crippen LogP contribution in [0.15, 0.2) is 36.4 Å². The van der Waals surface area contributed by atoms with Crippen LogP contribution in [0.5, 0.6) is 5.75 Å². The molecule has 3 heterocycles. The predicted octanol–water partition coefficient (Wildman–Crippen LogP) is 3.95. The molecule has 0 saturated heterocycles. The molecule has 138 valence electrons. The number of ether oxygens (including phenoxy) is 1. The summed E-state index contributed by atoms with van der Waals surface area (Å²) in [5.41, 5.74) is 3.36. The maximum atomic E-state index is 13.3. The number of hydrogen-bond donors (Lipinski definition) is 3. The molecule has 3 aromatic rings. The standard InChI is InChI=1S/C21H20ClN3O2/c1-20(2)10-14-13-9-12(27-3)5-7-16(13)23-18(14)21(25-20)15-8-11(22)4-6-17(15)24-19(21)26/h4-9,23,25H,10H2,1-3H3,(H,24,26). The SMILES string of the molecule is COc1ccc2[nH]c3c(c2c1)CC(C)(C)NC31C(=O)Nc2ccc(Cl)cc21. The molecule has 1 unspecified atom stereocenters. The number of fused-ring (bicyclic) bond motifs is 6. The molecule has 0 saturated carbocycles. The normalized spacial score (nSPS) is 22.6. The van der Waals surface area contributed by atoms with Gasteiger partial charge >= 0.3 is 0 Å². The van der Waals surface area contributed by atoms with E-state index in [-0.39, 0.29) is 11.4 Å². The van der Waals surface area contributed by atoms with Gasteiger partial charge in [-0.3, -0.25) is 10.1 Å². The molecular weight excluding hydrogens is 362 g/mol. The summed E-state index contributed by atoms with van der Waals surface area (Å²) in [6, 6.07) is 11.5. The number of nitrogens with one attached hydrogen (secondary N) is 3. The largest absolute Gasteiger partial charge is 0.497 e. The van der Waals surface area contributed by atoms with E-state index < -0.39 is 5.54 Å². The molecule has 1 amide bonds. The summed E-state index contributed by atoms with van der Waals surface area (Å²) in [5, 5.41) is 8.33. The van der Waals surface area contributed by atoms with E-state index >= 15 is 0 Å². The Hall–Kier alpha value is -2.50. The van der Waals surface area contributed by atoms with E-state index in [4.69, 9.17) is 16.3 Å². The number of H-pyrrole nitrogens is 1. The van der Waals surface area contributed by atoms with E-state index in [0.717, 1.165) is 45.6 Å². The third kappa shape index (κ3) is 2.19. The van der Waals surface area contributed by atoms with E-state index in [2.05, 4.69) is 29.5 Å². The molecule has 0 fully saturated rings. The summed E-state index contributed by atoms with van der Waals surface area (Å²) in [7, 11) is 1.66. The minimum Gasteiger partial charge on any atom is -0.497 e. The number of aromatic amines is 1. The highest BCUT2D eigenvalue weighted by molar-refractivity contribution is 6.31. The summed E-state index contributed by atoms with van der Waals surface area (Å²) in [4.78, 5) is 16.8. The van der Waals surface area contributed by atoms with E-state index in [1.54, 1.807) is 13.2 Å². The first-order valence-corrected chi connectivity index (χ1v) is 9.32. The van der Waals surface area contributed by atoms with Crippen molar-refractivity contribution in [1.82, 2.24) is 10.3 Å². The van der Waals surface area contributed by atoms with Gasteiger partial charge < -0.3 is 15.0 Å². The predicted molar refractivity (Wildman–Crippen MR) is 107 cm³/mol. The van der Waals surface area contributed by atoms with Crippen LogP contribution in [0.4, 0.5) is 5.69 Å². The van der Waals surface area contributed by atoms with Gasteiger partial charge in [-0.1, -0.05) is 11.6 Å². The molecule has 5 nitrogen and oxygen atoms in total. The van der Waals surface area contributed by atoms with Crippen molar-refractivity contribution in [2.75, 3.05) is 12.4 Å². The van der Waals surface area contributed by atoms with Gasteiger partial charge in [-0.15, -0.1) is 0 Å². The third-order valence-electron chi connectivity index (χ3n) is 5.61. The van der Waals surface area contributed by atoms with Gasteiger partial charge in [0.25, 0.3) is 5.91 Å². The maximum Gasteiger partial charge on any atom is 0.255 e. The number of halogens is 1. The molecule has 2 aromatic carbocycles. The zero-order valence-corrected chi connectivity index (χ0v) is 16.1. The summed E-state index contributed by atoms with van der Waals surface area (Å²) in [6.07, 6.45) is 0.792. The Balaban J connectivity index is 1.87. The van der Waals surface area contributed by atoms with E-state index in [0.29, 0.717) is 5.02 Å². The van der Waals surface area contributed by atoms with E-state index in [1.165, 1.54) is 0 Å². The number of amides is 1. The average molecular weight is 382 g/mol. The molecule has 0 radical (unpaired) electrons. The van der Waals surface area contributed by atoms with Gasteiger partial charge in [0, 0.05) is 32.7 Å².